The van der Waals surface area contributed by atoms with E-state index in [1.807, 2.05) is 36.4 Å². The Morgan fingerprint density at radius 1 is 0.786 bits per heavy atom. The Labute approximate surface area is 168 Å². The van der Waals surface area contributed by atoms with Crippen LogP contribution in [-0.4, -0.2) is 12.3 Å². The molecular weight excluding hydrogens is 342 g/mol. The lowest BCUT2D eigenvalue weighted by molar-refractivity contribution is 0.0715. The molecule has 0 aliphatic carbocycles. The van der Waals surface area contributed by atoms with Crippen LogP contribution in [0.15, 0.2) is 84.9 Å². The van der Waals surface area contributed by atoms with Gasteiger partial charge in [0.05, 0.1) is 5.41 Å². The highest BCUT2D eigenvalue weighted by Gasteiger charge is 2.40. The van der Waals surface area contributed by atoms with Crippen molar-refractivity contribution in [2.75, 3.05) is 6.54 Å². The van der Waals surface area contributed by atoms with E-state index in [1.54, 1.807) is 0 Å². The van der Waals surface area contributed by atoms with Crippen LogP contribution in [0.25, 0.3) is 0 Å². The molecule has 1 atom stereocenters. The second-order valence-corrected chi connectivity index (χ2v) is 7.87. The first kappa shape index (κ1) is 20.0. The molecule has 0 saturated carbocycles. The van der Waals surface area contributed by atoms with Crippen LogP contribution in [0.5, 0.6) is 0 Å². The Hall–Kier alpha value is -2.71. The number of nitrogens with two attached hydrogens (primary N) is 1. The number of carbonyl (C=O) groups is 1. The first-order valence-electron chi connectivity index (χ1n) is 9.97. The summed E-state index contributed by atoms with van der Waals surface area (Å²) in [7, 11) is 0. The molecule has 0 aliphatic rings. The van der Waals surface area contributed by atoms with Crippen LogP contribution in [0.3, 0.4) is 0 Å². The molecule has 0 aliphatic heterocycles. The minimum atomic E-state index is -0.595. The van der Waals surface area contributed by atoms with Crippen LogP contribution < -0.4 is 5.73 Å². The molecule has 0 spiro atoms. The molecule has 2 N–H and O–H groups in total. The van der Waals surface area contributed by atoms with Gasteiger partial charge in [0.1, 0.15) is 0 Å². The predicted octanol–water partition coefficient (Wildman–Crippen LogP) is 5.30. The quantitative estimate of drug-likeness (QED) is 0.546. The van der Waals surface area contributed by atoms with E-state index in [2.05, 4.69) is 62.4 Å². The summed E-state index contributed by atoms with van der Waals surface area (Å²) in [6, 6.07) is 28.6. The molecule has 0 radical (unpaired) electrons. The van der Waals surface area contributed by atoms with Gasteiger partial charge < -0.3 is 5.73 Å². The van der Waals surface area contributed by atoms with Crippen molar-refractivity contribution in [3.05, 3.63) is 107 Å². The Balaban J connectivity index is 1.84. The smallest absolute Gasteiger partial charge is 0.170 e. The van der Waals surface area contributed by atoms with Crippen LogP contribution in [0.1, 0.15) is 40.9 Å². The Bertz CT molecular complexity index is 885. The van der Waals surface area contributed by atoms with E-state index in [4.69, 9.17) is 5.73 Å². The summed E-state index contributed by atoms with van der Waals surface area (Å²) in [5.41, 5.74) is 9.97. The maximum atomic E-state index is 13.5. The van der Waals surface area contributed by atoms with Gasteiger partial charge in [0.2, 0.25) is 0 Å². The predicted molar refractivity (Wildman–Crippen MR) is 116 cm³/mol. The fourth-order valence-corrected chi connectivity index (χ4v) is 3.80. The fraction of sp³-hybridized carbons (Fsp3) is 0.269. The van der Waals surface area contributed by atoms with Gasteiger partial charge in [-0.25, -0.2) is 0 Å². The van der Waals surface area contributed by atoms with Crippen molar-refractivity contribution in [3.63, 3.8) is 0 Å². The summed E-state index contributed by atoms with van der Waals surface area (Å²) in [5, 5.41) is 0. The molecule has 0 bridgehead atoms. The summed E-state index contributed by atoms with van der Waals surface area (Å²) in [5.74, 6) is 0.286. The number of Topliss-reactive ketones (excluding diaryl/α,β-unsaturated/α-hetero) is 1. The summed E-state index contributed by atoms with van der Waals surface area (Å²) >= 11 is 0. The molecule has 0 amide bonds. The molecule has 144 valence electrons. The van der Waals surface area contributed by atoms with Gasteiger partial charge in [-0.3, -0.25) is 4.79 Å². The van der Waals surface area contributed by atoms with Crippen molar-refractivity contribution >= 4 is 5.78 Å². The van der Waals surface area contributed by atoms with Crippen LogP contribution in [0.4, 0.5) is 0 Å². The first-order chi connectivity index (χ1) is 13.5. The molecule has 0 aromatic heterocycles. The van der Waals surface area contributed by atoms with Crippen LogP contribution in [0.2, 0.25) is 0 Å². The molecule has 1 unspecified atom stereocenters. The third-order valence-electron chi connectivity index (χ3n) is 5.75. The lowest BCUT2D eigenvalue weighted by atomic mass is 9.68. The third-order valence-corrected chi connectivity index (χ3v) is 5.75. The molecule has 2 heteroatoms. The molecule has 3 aromatic rings. The second-order valence-electron chi connectivity index (χ2n) is 7.87. The Kier molecular flexibility index (Phi) is 6.43. The summed E-state index contributed by atoms with van der Waals surface area (Å²) in [6.07, 6.45) is 1.53. The zero-order valence-electron chi connectivity index (χ0n) is 16.8. The average Bonchev–Trinajstić information content (AvgIpc) is 2.73. The minimum absolute atomic E-state index is 0.139. The van der Waals surface area contributed by atoms with Gasteiger partial charge in [0.15, 0.2) is 5.78 Å². The largest absolute Gasteiger partial charge is 0.329 e. The normalized spacial score (nSPS) is 13.3. The molecule has 2 nitrogen and oxygen atoms in total. The van der Waals surface area contributed by atoms with Crippen LogP contribution in [-0.2, 0) is 12.8 Å². The highest BCUT2D eigenvalue weighted by Crippen LogP contribution is 2.35. The first-order valence-corrected chi connectivity index (χ1v) is 9.97. The Morgan fingerprint density at radius 3 is 1.79 bits per heavy atom. The molecule has 3 rings (SSSR count). The van der Waals surface area contributed by atoms with Crippen molar-refractivity contribution in [1.82, 2.24) is 0 Å². The maximum absolute atomic E-state index is 13.5. The van der Waals surface area contributed by atoms with Gasteiger partial charge in [0.25, 0.3) is 0 Å². The van der Waals surface area contributed by atoms with Gasteiger partial charge in [-0.1, -0.05) is 98.8 Å². The van der Waals surface area contributed by atoms with Crippen LogP contribution >= 0.6 is 0 Å². The summed E-state index contributed by atoms with van der Waals surface area (Å²) in [4.78, 5) is 13.5. The number of ketones is 1. The van der Waals surface area contributed by atoms with E-state index in [9.17, 15) is 4.79 Å². The maximum Gasteiger partial charge on any atom is 0.170 e. The molecular formula is C26H29NO. The van der Waals surface area contributed by atoms with Crippen molar-refractivity contribution in [2.45, 2.75) is 26.7 Å². The van der Waals surface area contributed by atoms with Gasteiger partial charge in [0, 0.05) is 12.1 Å². The van der Waals surface area contributed by atoms with E-state index >= 15 is 0 Å². The number of hydrogen-bond acceptors (Lipinski definition) is 2. The molecule has 0 heterocycles. The monoisotopic (exact) mass is 371 g/mol. The van der Waals surface area contributed by atoms with E-state index in [1.165, 1.54) is 11.1 Å². The van der Waals surface area contributed by atoms with E-state index < -0.39 is 5.41 Å². The van der Waals surface area contributed by atoms with Gasteiger partial charge >= 0.3 is 0 Å². The lowest BCUT2D eigenvalue weighted by Gasteiger charge is -2.35. The zero-order chi connectivity index (χ0) is 20.0. The van der Waals surface area contributed by atoms with Crippen LogP contribution in [0, 0.1) is 11.3 Å². The molecule has 28 heavy (non-hydrogen) atoms. The van der Waals surface area contributed by atoms with E-state index in [0.717, 1.165) is 17.5 Å². The van der Waals surface area contributed by atoms with Crippen molar-refractivity contribution < 1.29 is 4.79 Å². The fourth-order valence-electron chi connectivity index (χ4n) is 3.80. The van der Waals surface area contributed by atoms with E-state index in [0.29, 0.717) is 13.0 Å². The number of rotatable bonds is 8. The zero-order valence-corrected chi connectivity index (χ0v) is 16.8. The van der Waals surface area contributed by atoms with Gasteiger partial charge in [-0.15, -0.1) is 0 Å². The number of carbonyl (C=O) groups excluding carboxylic acids is 1. The molecule has 0 fully saturated rings. The van der Waals surface area contributed by atoms with Gasteiger partial charge in [-0.2, -0.15) is 0 Å². The van der Waals surface area contributed by atoms with Crippen molar-refractivity contribution in [3.8, 4) is 0 Å². The van der Waals surface area contributed by atoms with Gasteiger partial charge in [-0.05, 0) is 35.4 Å². The average molecular weight is 372 g/mol. The molecule has 3 aromatic carbocycles. The lowest BCUT2D eigenvalue weighted by Crippen LogP contribution is -2.45. The topological polar surface area (TPSA) is 43.1 Å². The number of hydrogen-bond donors (Lipinski definition) is 1. The third kappa shape index (κ3) is 4.40. The van der Waals surface area contributed by atoms with Crippen molar-refractivity contribution in [2.24, 2.45) is 17.1 Å². The summed E-state index contributed by atoms with van der Waals surface area (Å²) in [6.45, 7) is 4.53. The highest BCUT2D eigenvalue weighted by atomic mass is 16.1. The SMILES string of the molecule is CC(C)C(CN)(Cc1ccccc1)C(=O)c1ccc(Cc2ccccc2)cc1. The standard InChI is InChI=1S/C26H29NO/c1-20(2)26(19-27,18-23-11-7-4-8-12-23)25(28)24-15-13-22(14-16-24)17-21-9-5-3-6-10-21/h3-16,20H,17-19,27H2,1-2H3. The Morgan fingerprint density at radius 2 is 1.29 bits per heavy atom. The van der Waals surface area contributed by atoms with Crippen molar-refractivity contribution in [1.29, 1.82) is 0 Å². The molecule has 0 saturated heterocycles. The minimum Gasteiger partial charge on any atom is -0.329 e. The second kappa shape index (κ2) is 8.99. The highest BCUT2D eigenvalue weighted by molar-refractivity contribution is 6.01. The number of benzene rings is 3. The summed E-state index contributed by atoms with van der Waals surface area (Å²) < 4.78 is 0. The van der Waals surface area contributed by atoms with E-state index in [-0.39, 0.29) is 11.7 Å².